The monoisotopic (exact) mass is 410 g/mol. The zero-order valence-electron chi connectivity index (χ0n) is 17.2. The van der Waals surface area contributed by atoms with E-state index in [-0.39, 0.29) is 29.2 Å². The van der Waals surface area contributed by atoms with E-state index in [9.17, 15) is 14.4 Å². The van der Waals surface area contributed by atoms with Crippen molar-refractivity contribution in [3.63, 3.8) is 0 Å². The van der Waals surface area contributed by atoms with Gasteiger partial charge in [0.15, 0.2) is 5.78 Å². The Morgan fingerprint density at radius 3 is 2.26 bits per heavy atom. The number of aryl methyl sites for hydroxylation is 1. The topological polar surface area (TPSA) is 68.2 Å². The molecule has 4 aromatic rings. The molecule has 0 atom stereocenters. The molecule has 5 heteroatoms. The molecule has 0 bridgehead atoms. The number of hydrogen-bond acceptors (Lipinski definition) is 3. The molecule has 5 nitrogen and oxygen atoms in total. The summed E-state index contributed by atoms with van der Waals surface area (Å²) in [4.78, 5) is 38.7. The summed E-state index contributed by atoms with van der Waals surface area (Å²) in [5, 5.41) is 3.29. The van der Waals surface area contributed by atoms with E-state index in [1.807, 2.05) is 30.3 Å². The summed E-state index contributed by atoms with van der Waals surface area (Å²) in [6.45, 7) is 2.05. The highest BCUT2D eigenvalue weighted by molar-refractivity contribution is 6.10. The molecule has 0 spiro atoms. The molecule has 0 radical (unpaired) electrons. The van der Waals surface area contributed by atoms with Gasteiger partial charge in [0.05, 0.1) is 11.1 Å². The predicted octanol–water partition coefficient (Wildman–Crippen LogP) is 4.43. The van der Waals surface area contributed by atoms with Crippen LogP contribution in [0.25, 0.3) is 10.9 Å². The second-order valence-corrected chi connectivity index (χ2v) is 7.31. The Labute approximate surface area is 180 Å². The molecule has 0 aliphatic carbocycles. The number of fused-ring (bicyclic) bond motifs is 1. The third-order valence-electron chi connectivity index (χ3n) is 5.23. The summed E-state index contributed by atoms with van der Waals surface area (Å²) < 4.78 is 1.66. The summed E-state index contributed by atoms with van der Waals surface area (Å²) in [7, 11) is 0. The van der Waals surface area contributed by atoms with E-state index in [1.54, 1.807) is 53.1 Å². The van der Waals surface area contributed by atoms with Gasteiger partial charge in [-0.15, -0.1) is 0 Å². The van der Waals surface area contributed by atoms with Crippen LogP contribution < -0.4 is 10.7 Å². The molecule has 0 saturated heterocycles. The quantitative estimate of drug-likeness (QED) is 0.478. The van der Waals surface area contributed by atoms with E-state index >= 15 is 0 Å². The van der Waals surface area contributed by atoms with Gasteiger partial charge in [-0.3, -0.25) is 14.4 Å². The first kappa shape index (κ1) is 20.3. The minimum absolute atomic E-state index is 0.0224. The summed E-state index contributed by atoms with van der Waals surface area (Å²) in [5.41, 5.74) is 2.64. The van der Waals surface area contributed by atoms with Crippen molar-refractivity contribution in [2.75, 3.05) is 5.32 Å². The normalized spacial score (nSPS) is 10.7. The zero-order valence-corrected chi connectivity index (χ0v) is 17.2. The number of carbonyl (C=O) groups excluding carboxylic acids is 2. The SMILES string of the molecule is CCc1ccc(NC(=O)Cn2cc(C(=O)c3ccccc3)c(=O)c3ccccc32)cc1. The largest absolute Gasteiger partial charge is 0.337 e. The summed E-state index contributed by atoms with van der Waals surface area (Å²) in [5.74, 6) is -0.600. The lowest BCUT2D eigenvalue weighted by Gasteiger charge is -2.13. The van der Waals surface area contributed by atoms with Gasteiger partial charge in [0.25, 0.3) is 0 Å². The Morgan fingerprint density at radius 1 is 0.871 bits per heavy atom. The Kier molecular flexibility index (Phi) is 5.76. The molecule has 1 aromatic heterocycles. The van der Waals surface area contributed by atoms with Crippen LogP contribution in [0.3, 0.4) is 0 Å². The number of nitrogens with one attached hydrogen (secondary N) is 1. The minimum Gasteiger partial charge on any atom is -0.337 e. The van der Waals surface area contributed by atoms with Crippen LogP contribution in [0.4, 0.5) is 5.69 Å². The molecule has 0 unspecified atom stereocenters. The molecule has 1 heterocycles. The highest BCUT2D eigenvalue weighted by Gasteiger charge is 2.18. The Hall–Kier alpha value is -3.99. The van der Waals surface area contributed by atoms with Gasteiger partial charge in [0.1, 0.15) is 6.54 Å². The van der Waals surface area contributed by atoms with Gasteiger partial charge in [0.2, 0.25) is 11.3 Å². The maximum Gasteiger partial charge on any atom is 0.244 e. The number of amides is 1. The van der Waals surface area contributed by atoms with Gasteiger partial charge in [-0.1, -0.05) is 61.5 Å². The van der Waals surface area contributed by atoms with Crippen LogP contribution in [0.2, 0.25) is 0 Å². The van der Waals surface area contributed by atoms with E-state index in [0.29, 0.717) is 22.2 Å². The van der Waals surface area contributed by atoms with Crippen LogP contribution in [0.15, 0.2) is 89.9 Å². The van der Waals surface area contributed by atoms with E-state index in [4.69, 9.17) is 0 Å². The first-order chi connectivity index (χ1) is 15.1. The molecule has 0 aliphatic rings. The number of rotatable bonds is 6. The number of aromatic nitrogens is 1. The standard InChI is InChI=1S/C26H22N2O3/c1-2-18-12-14-20(15-13-18)27-24(29)17-28-16-22(25(30)19-8-4-3-5-9-19)26(31)21-10-6-7-11-23(21)28/h3-16H,2,17H2,1H3,(H,27,29). The fourth-order valence-electron chi connectivity index (χ4n) is 3.56. The Bertz CT molecular complexity index is 1310. The van der Waals surface area contributed by atoms with Crippen molar-refractivity contribution in [3.8, 4) is 0 Å². The number of hydrogen-bond donors (Lipinski definition) is 1. The van der Waals surface area contributed by atoms with Gasteiger partial charge >= 0.3 is 0 Å². The molecule has 0 saturated carbocycles. The number of carbonyl (C=O) groups is 2. The average molecular weight is 410 g/mol. The van der Waals surface area contributed by atoms with Crippen LogP contribution in [0.1, 0.15) is 28.4 Å². The third-order valence-corrected chi connectivity index (χ3v) is 5.23. The number of nitrogens with zero attached hydrogens (tertiary/aromatic N) is 1. The van der Waals surface area contributed by atoms with Crippen LogP contribution in [0, 0.1) is 0 Å². The lowest BCUT2D eigenvalue weighted by molar-refractivity contribution is -0.116. The first-order valence-corrected chi connectivity index (χ1v) is 10.2. The van der Waals surface area contributed by atoms with Crippen molar-refractivity contribution >= 4 is 28.3 Å². The Balaban J connectivity index is 1.69. The second-order valence-electron chi connectivity index (χ2n) is 7.31. The molecular formula is C26H22N2O3. The highest BCUT2D eigenvalue weighted by Crippen LogP contribution is 2.15. The maximum atomic E-state index is 13.0. The first-order valence-electron chi connectivity index (χ1n) is 10.2. The van der Waals surface area contributed by atoms with Gasteiger partial charge in [-0.05, 0) is 36.2 Å². The van der Waals surface area contributed by atoms with Crippen LogP contribution in [-0.4, -0.2) is 16.3 Å². The maximum absolute atomic E-state index is 13.0. The van der Waals surface area contributed by atoms with Crippen LogP contribution >= 0.6 is 0 Å². The van der Waals surface area contributed by atoms with Crippen molar-refractivity contribution in [2.24, 2.45) is 0 Å². The summed E-state index contributed by atoms with van der Waals surface area (Å²) >= 11 is 0. The molecule has 0 fully saturated rings. The molecular weight excluding hydrogens is 388 g/mol. The third kappa shape index (κ3) is 4.31. The number of anilines is 1. The zero-order chi connectivity index (χ0) is 21.8. The van der Waals surface area contributed by atoms with Crippen molar-refractivity contribution in [1.82, 2.24) is 4.57 Å². The van der Waals surface area contributed by atoms with Crippen molar-refractivity contribution in [3.05, 3.63) is 112 Å². The number of benzene rings is 3. The molecule has 1 amide bonds. The number of pyridine rings is 1. The van der Waals surface area contributed by atoms with Gasteiger partial charge in [-0.2, -0.15) is 0 Å². The fraction of sp³-hybridized carbons (Fsp3) is 0.115. The van der Waals surface area contributed by atoms with Crippen molar-refractivity contribution in [2.45, 2.75) is 19.9 Å². The molecule has 154 valence electrons. The molecule has 0 aliphatic heterocycles. The van der Waals surface area contributed by atoms with Crippen molar-refractivity contribution in [1.29, 1.82) is 0 Å². The minimum atomic E-state index is -0.360. The molecule has 1 N–H and O–H groups in total. The van der Waals surface area contributed by atoms with Gasteiger partial charge in [-0.25, -0.2) is 0 Å². The second kappa shape index (κ2) is 8.79. The predicted molar refractivity (Wildman–Crippen MR) is 123 cm³/mol. The van der Waals surface area contributed by atoms with Crippen LogP contribution in [0.5, 0.6) is 0 Å². The smallest absolute Gasteiger partial charge is 0.244 e. The van der Waals surface area contributed by atoms with E-state index < -0.39 is 0 Å². The highest BCUT2D eigenvalue weighted by atomic mass is 16.2. The van der Waals surface area contributed by atoms with E-state index in [0.717, 1.165) is 6.42 Å². The van der Waals surface area contributed by atoms with E-state index in [2.05, 4.69) is 12.2 Å². The lowest BCUT2D eigenvalue weighted by atomic mass is 10.0. The molecule has 4 rings (SSSR count). The number of para-hydroxylation sites is 1. The molecule has 31 heavy (non-hydrogen) atoms. The summed E-state index contributed by atoms with van der Waals surface area (Å²) in [6, 6.07) is 23.4. The summed E-state index contributed by atoms with van der Waals surface area (Å²) in [6.07, 6.45) is 2.41. The number of ketones is 1. The van der Waals surface area contributed by atoms with Gasteiger partial charge in [0, 0.05) is 22.8 Å². The van der Waals surface area contributed by atoms with Crippen molar-refractivity contribution < 1.29 is 9.59 Å². The van der Waals surface area contributed by atoms with E-state index in [1.165, 1.54) is 11.8 Å². The lowest BCUT2D eigenvalue weighted by Crippen LogP contribution is -2.24. The average Bonchev–Trinajstić information content (AvgIpc) is 2.81. The van der Waals surface area contributed by atoms with Crippen LogP contribution in [-0.2, 0) is 17.8 Å². The fourth-order valence-corrected chi connectivity index (χ4v) is 3.56. The Morgan fingerprint density at radius 2 is 1.55 bits per heavy atom. The molecule has 3 aromatic carbocycles. The van der Waals surface area contributed by atoms with Gasteiger partial charge < -0.3 is 9.88 Å².